The highest BCUT2D eigenvalue weighted by molar-refractivity contribution is 5.84. The van der Waals surface area contributed by atoms with Gasteiger partial charge in [-0.1, -0.05) is 18.2 Å². The van der Waals surface area contributed by atoms with Crippen molar-refractivity contribution in [2.45, 2.75) is 52.1 Å². The summed E-state index contributed by atoms with van der Waals surface area (Å²) in [5.41, 5.74) is 2.53. The fourth-order valence-corrected chi connectivity index (χ4v) is 4.76. The molecule has 1 unspecified atom stereocenters. The molecular formula is C24H26N6O3. The zero-order chi connectivity index (χ0) is 23.1. The first-order chi connectivity index (χ1) is 16.0. The molecule has 1 amide bonds. The number of likely N-dealkylation sites (tertiary alicyclic amines) is 1. The van der Waals surface area contributed by atoms with Crippen molar-refractivity contribution in [1.29, 1.82) is 0 Å². The minimum absolute atomic E-state index is 0.0350. The minimum atomic E-state index is -0.163. The van der Waals surface area contributed by atoms with Gasteiger partial charge in [-0.3, -0.25) is 19.5 Å². The molecule has 4 heterocycles. The summed E-state index contributed by atoms with van der Waals surface area (Å²) in [6, 6.07) is 10.6. The Labute approximate surface area is 189 Å². The number of amides is 1. The van der Waals surface area contributed by atoms with E-state index in [9.17, 15) is 14.4 Å². The molecule has 1 aromatic carbocycles. The maximum absolute atomic E-state index is 13.2. The molecule has 0 spiro atoms. The van der Waals surface area contributed by atoms with Gasteiger partial charge in [0.1, 0.15) is 0 Å². The highest BCUT2D eigenvalue weighted by Crippen LogP contribution is 2.32. The number of carbonyl (C=O) groups is 1. The van der Waals surface area contributed by atoms with Crippen LogP contribution in [0.4, 0.5) is 0 Å². The Morgan fingerprint density at radius 1 is 1.18 bits per heavy atom. The number of carbonyl (C=O) groups excluding carboxylic acids is 1. The van der Waals surface area contributed by atoms with E-state index in [1.54, 1.807) is 13.0 Å². The van der Waals surface area contributed by atoms with Gasteiger partial charge in [-0.2, -0.15) is 5.10 Å². The van der Waals surface area contributed by atoms with E-state index in [1.807, 2.05) is 36.1 Å². The van der Waals surface area contributed by atoms with Crippen LogP contribution in [0, 0.1) is 6.92 Å². The number of aromatic amines is 1. The summed E-state index contributed by atoms with van der Waals surface area (Å²) in [5, 5.41) is 9.08. The topological polar surface area (TPSA) is 105 Å². The van der Waals surface area contributed by atoms with Crippen LogP contribution in [0.1, 0.15) is 49.3 Å². The van der Waals surface area contributed by atoms with Crippen molar-refractivity contribution in [2.75, 3.05) is 6.54 Å². The lowest BCUT2D eigenvalue weighted by Gasteiger charge is -2.24. The van der Waals surface area contributed by atoms with Gasteiger partial charge in [-0.05, 0) is 32.8 Å². The monoisotopic (exact) mass is 446 g/mol. The minimum Gasteiger partial charge on any atom is -0.334 e. The number of aromatic nitrogens is 5. The van der Waals surface area contributed by atoms with Crippen molar-refractivity contribution in [3.8, 4) is 0 Å². The van der Waals surface area contributed by atoms with E-state index in [1.165, 1.54) is 15.3 Å². The van der Waals surface area contributed by atoms with Gasteiger partial charge in [0.15, 0.2) is 5.65 Å². The van der Waals surface area contributed by atoms with Crippen LogP contribution in [-0.2, 0) is 17.8 Å². The van der Waals surface area contributed by atoms with E-state index in [-0.39, 0.29) is 23.1 Å². The largest absolute Gasteiger partial charge is 0.334 e. The Kier molecular flexibility index (Phi) is 5.32. The number of rotatable bonds is 5. The average molecular weight is 447 g/mol. The molecule has 1 saturated heterocycles. The van der Waals surface area contributed by atoms with Crippen LogP contribution >= 0.6 is 0 Å². The lowest BCUT2D eigenvalue weighted by Crippen LogP contribution is -2.31. The molecule has 9 heteroatoms. The van der Waals surface area contributed by atoms with Gasteiger partial charge in [0.25, 0.3) is 11.1 Å². The SMILES string of the molecule is CCn1nc(CCC(=O)N2CCCC2c2cc3nc(C)cc(=O)n3[nH]2)c2ccccc2c1=O. The molecule has 9 nitrogen and oxygen atoms in total. The van der Waals surface area contributed by atoms with Gasteiger partial charge in [0, 0.05) is 49.1 Å². The Morgan fingerprint density at radius 3 is 2.76 bits per heavy atom. The second-order valence-electron chi connectivity index (χ2n) is 8.50. The van der Waals surface area contributed by atoms with Crippen molar-refractivity contribution in [3.05, 3.63) is 74.2 Å². The maximum Gasteiger partial charge on any atom is 0.274 e. The Morgan fingerprint density at radius 2 is 1.97 bits per heavy atom. The molecular weight excluding hydrogens is 420 g/mol. The molecule has 1 aliphatic heterocycles. The van der Waals surface area contributed by atoms with Crippen molar-refractivity contribution in [3.63, 3.8) is 0 Å². The molecule has 170 valence electrons. The van der Waals surface area contributed by atoms with Crippen molar-refractivity contribution < 1.29 is 4.79 Å². The molecule has 1 N–H and O–H groups in total. The Hall–Kier alpha value is -3.75. The van der Waals surface area contributed by atoms with E-state index in [0.717, 1.165) is 29.6 Å². The lowest BCUT2D eigenvalue weighted by molar-refractivity contribution is -0.132. The second-order valence-corrected chi connectivity index (χ2v) is 8.50. The van der Waals surface area contributed by atoms with Crippen molar-refractivity contribution >= 4 is 22.3 Å². The van der Waals surface area contributed by atoms with Crippen molar-refractivity contribution in [2.24, 2.45) is 0 Å². The number of hydrogen-bond donors (Lipinski definition) is 1. The Bertz CT molecular complexity index is 1480. The smallest absolute Gasteiger partial charge is 0.274 e. The number of nitrogens with one attached hydrogen (secondary N) is 1. The summed E-state index contributed by atoms with van der Waals surface area (Å²) in [6.45, 7) is 4.82. The zero-order valence-electron chi connectivity index (χ0n) is 18.7. The third-order valence-corrected chi connectivity index (χ3v) is 6.35. The second kappa shape index (κ2) is 8.31. The fourth-order valence-electron chi connectivity index (χ4n) is 4.76. The summed E-state index contributed by atoms with van der Waals surface area (Å²) >= 11 is 0. The molecule has 0 radical (unpaired) electrons. The van der Waals surface area contributed by atoms with Gasteiger partial charge in [-0.25, -0.2) is 14.2 Å². The van der Waals surface area contributed by atoms with E-state index >= 15 is 0 Å². The summed E-state index contributed by atoms with van der Waals surface area (Å²) in [7, 11) is 0. The number of aryl methyl sites for hydroxylation is 3. The first kappa shape index (κ1) is 21.1. The van der Waals surface area contributed by atoms with Crippen LogP contribution in [-0.4, -0.2) is 41.7 Å². The maximum atomic E-state index is 13.2. The summed E-state index contributed by atoms with van der Waals surface area (Å²) in [6.07, 6.45) is 2.48. The third kappa shape index (κ3) is 3.73. The first-order valence-corrected chi connectivity index (χ1v) is 11.3. The third-order valence-electron chi connectivity index (χ3n) is 6.35. The van der Waals surface area contributed by atoms with E-state index in [4.69, 9.17) is 0 Å². The number of fused-ring (bicyclic) bond motifs is 2. The number of nitrogens with zero attached hydrogens (tertiary/aromatic N) is 5. The predicted molar refractivity (Wildman–Crippen MR) is 124 cm³/mol. The summed E-state index contributed by atoms with van der Waals surface area (Å²) < 4.78 is 2.88. The Balaban J connectivity index is 1.39. The molecule has 1 atom stereocenters. The number of hydrogen-bond acceptors (Lipinski definition) is 5. The molecule has 3 aromatic heterocycles. The van der Waals surface area contributed by atoms with Gasteiger partial charge >= 0.3 is 0 Å². The molecule has 0 aliphatic carbocycles. The summed E-state index contributed by atoms with van der Waals surface area (Å²) in [5.74, 6) is 0.0350. The van der Waals surface area contributed by atoms with Crippen LogP contribution < -0.4 is 11.1 Å². The molecule has 0 bridgehead atoms. The van der Waals surface area contributed by atoms with Gasteiger partial charge in [0.05, 0.1) is 22.8 Å². The van der Waals surface area contributed by atoms with E-state index < -0.39 is 0 Å². The van der Waals surface area contributed by atoms with Crippen molar-refractivity contribution in [1.82, 2.24) is 29.3 Å². The van der Waals surface area contributed by atoms with Crippen LogP contribution in [0.3, 0.4) is 0 Å². The lowest BCUT2D eigenvalue weighted by atomic mass is 10.1. The molecule has 5 rings (SSSR count). The first-order valence-electron chi connectivity index (χ1n) is 11.3. The molecule has 1 aliphatic rings. The molecule has 1 fully saturated rings. The quantitative estimate of drug-likeness (QED) is 0.507. The van der Waals surface area contributed by atoms with Gasteiger partial charge in [0.2, 0.25) is 5.91 Å². The standard InChI is InChI=1S/C24H26N6O3/c1-3-29-24(33)17-8-5-4-7-16(17)18(26-29)10-11-22(31)28-12-6-9-20(28)19-14-21-25-15(2)13-23(32)30(21)27-19/h4-5,7-8,13-14,20,27H,3,6,9-12H2,1-2H3. The number of H-pyrrole nitrogens is 1. The zero-order valence-corrected chi connectivity index (χ0v) is 18.7. The van der Waals surface area contributed by atoms with E-state index in [0.29, 0.717) is 42.7 Å². The molecule has 4 aromatic rings. The van der Waals surface area contributed by atoms with E-state index in [2.05, 4.69) is 15.2 Å². The average Bonchev–Trinajstić information content (AvgIpc) is 3.46. The van der Waals surface area contributed by atoms with Crippen LogP contribution in [0.2, 0.25) is 0 Å². The molecule has 0 saturated carbocycles. The predicted octanol–water partition coefficient (Wildman–Crippen LogP) is 2.36. The van der Waals surface area contributed by atoms with Gasteiger partial charge < -0.3 is 4.90 Å². The fraction of sp³-hybridized carbons (Fsp3) is 0.375. The normalized spacial score (nSPS) is 16.2. The van der Waals surface area contributed by atoms with Gasteiger partial charge in [-0.15, -0.1) is 0 Å². The summed E-state index contributed by atoms with van der Waals surface area (Å²) in [4.78, 5) is 44.4. The highest BCUT2D eigenvalue weighted by atomic mass is 16.2. The highest BCUT2D eigenvalue weighted by Gasteiger charge is 2.31. The van der Waals surface area contributed by atoms with Crippen LogP contribution in [0.5, 0.6) is 0 Å². The van der Waals surface area contributed by atoms with Crippen LogP contribution in [0.25, 0.3) is 16.4 Å². The van der Waals surface area contributed by atoms with Crippen LogP contribution in [0.15, 0.2) is 46.0 Å². The molecule has 33 heavy (non-hydrogen) atoms. The number of benzene rings is 1.